The third-order valence-electron chi connectivity index (χ3n) is 5.02. The Kier molecular flexibility index (Phi) is 10.6. The molecule has 0 heterocycles. The van der Waals surface area contributed by atoms with Crippen LogP contribution in [0.2, 0.25) is 0 Å². The van der Waals surface area contributed by atoms with Gasteiger partial charge < -0.3 is 20.8 Å². The molecule has 0 atom stereocenters. The molecule has 0 aliphatic heterocycles. The molecule has 1 aromatic rings. The van der Waals surface area contributed by atoms with Crippen LogP contribution in [0.5, 0.6) is 0 Å². The first-order valence-corrected chi connectivity index (χ1v) is 13.1. The third kappa shape index (κ3) is 8.41. The van der Waals surface area contributed by atoms with E-state index in [0.29, 0.717) is 23.7 Å². The van der Waals surface area contributed by atoms with Crippen LogP contribution in [-0.4, -0.2) is 46.9 Å². The number of allylic oxidation sites excluding steroid dienone is 2. The van der Waals surface area contributed by atoms with E-state index in [0.717, 1.165) is 12.3 Å². The van der Waals surface area contributed by atoms with E-state index in [4.69, 9.17) is 27.2 Å². The molecule has 6 nitrogen and oxygen atoms in total. The number of rotatable bonds is 12. The van der Waals surface area contributed by atoms with Crippen LogP contribution in [0.3, 0.4) is 0 Å². The second-order valence-corrected chi connectivity index (χ2v) is 13.5. The lowest BCUT2D eigenvalue weighted by Gasteiger charge is -2.44. The zero-order valence-corrected chi connectivity index (χ0v) is 21.1. The first-order chi connectivity index (χ1) is 14.8. The van der Waals surface area contributed by atoms with Gasteiger partial charge in [0.15, 0.2) is 0 Å². The minimum atomic E-state index is -1.05. The van der Waals surface area contributed by atoms with E-state index in [9.17, 15) is 9.18 Å². The summed E-state index contributed by atoms with van der Waals surface area (Å²) in [6, 6.07) is 4.13. The Labute approximate surface area is 197 Å². The minimum absolute atomic E-state index is 0.00819. The van der Waals surface area contributed by atoms with E-state index in [-0.39, 0.29) is 27.8 Å². The molecule has 0 aromatic heterocycles. The van der Waals surface area contributed by atoms with Crippen molar-refractivity contribution < 1.29 is 13.9 Å². The number of carbonyl (C=O) groups is 1. The van der Waals surface area contributed by atoms with Crippen molar-refractivity contribution in [1.29, 1.82) is 10.8 Å². The smallest absolute Gasteiger partial charge is 0.212 e. The van der Waals surface area contributed by atoms with Gasteiger partial charge in [0.1, 0.15) is 11.0 Å². The van der Waals surface area contributed by atoms with Gasteiger partial charge in [0.05, 0.1) is 23.8 Å². The van der Waals surface area contributed by atoms with Crippen LogP contribution in [0.15, 0.2) is 41.7 Å². The standard InChI is InChI=1S/C23H34ClFN4O2S/c1-7-28-13-17(12-26)22(30)20(11-21(24)27)29-19-9-8-18(25)10-16(19)14-31-15-32(5,6)23(2,3)4/h8-13,26-29H,7,14-15H2,1-6H3/b17-13+,20-11-,26-12?,27-21?. The maximum Gasteiger partial charge on any atom is 0.212 e. The number of hydrogen-bond acceptors (Lipinski definition) is 6. The first kappa shape index (κ1) is 27.9. The van der Waals surface area contributed by atoms with Crippen molar-refractivity contribution in [2.45, 2.75) is 39.0 Å². The van der Waals surface area contributed by atoms with Gasteiger partial charge in [-0.3, -0.25) is 10.2 Å². The summed E-state index contributed by atoms with van der Waals surface area (Å²) in [5.74, 6) is -0.407. The number of halogens is 2. The summed E-state index contributed by atoms with van der Waals surface area (Å²) in [6.45, 7) is 9.11. The fourth-order valence-electron chi connectivity index (χ4n) is 2.31. The number of benzene rings is 1. The van der Waals surface area contributed by atoms with E-state index >= 15 is 0 Å². The monoisotopic (exact) mass is 484 g/mol. The average Bonchev–Trinajstić information content (AvgIpc) is 2.68. The molecule has 1 aromatic carbocycles. The van der Waals surface area contributed by atoms with E-state index in [1.54, 1.807) is 0 Å². The summed E-state index contributed by atoms with van der Waals surface area (Å²) in [4.78, 5) is 12.9. The third-order valence-corrected chi connectivity index (χ3v) is 9.21. The maximum absolute atomic E-state index is 14.0. The van der Waals surface area contributed by atoms with Crippen molar-refractivity contribution in [1.82, 2.24) is 5.32 Å². The number of nitrogens with one attached hydrogen (secondary N) is 4. The van der Waals surface area contributed by atoms with Gasteiger partial charge in [-0.05, 0) is 42.4 Å². The highest BCUT2D eigenvalue weighted by atomic mass is 35.5. The van der Waals surface area contributed by atoms with Crippen molar-refractivity contribution >= 4 is 44.5 Å². The molecule has 0 fully saturated rings. The Bertz CT molecular complexity index is 908. The van der Waals surface area contributed by atoms with Crippen LogP contribution in [0.25, 0.3) is 0 Å². The highest BCUT2D eigenvalue weighted by molar-refractivity contribution is 8.33. The Morgan fingerprint density at radius 2 is 1.97 bits per heavy atom. The molecule has 0 spiro atoms. The summed E-state index contributed by atoms with van der Waals surface area (Å²) >= 11 is 5.72. The quantitative estimate of drug-likeness (QED) is 0.236. The molecule has 0 aliphatic carbocycles. The number of ketones is 1. The highest BCUT2D eigenvalue weighted by Gasteiger charge is 2.28. The Hall–Kier alpha value is -2.16. The molecule has 32 heavy (non-hydrogen) atoms. The van der Waals surface area contributed by atoms with Gasteiger partial charge in [-0.25, -0.2) is 14.4 Å². The van der Waals surface area contributed by atoms with Gasteiger partial charge in [0.2, 0.25) is 5.78 Å². The van der Waals surface area contributed by atoms with E-state index in [2.05, 4.69) is 43.9 Å². The summed E-state index contributed by atoms with van der Waals surface area (Å²) in [5.41, 5.74) is 1.06. The normalized spacial score (nSPS) is 13.5. The Morgan fingerprint density at radius 1 is 1.31 bits per heavy atom. The average molecular weight is 485 g/mol. The van der Waals surface area contributed by atoms with Crippen LogP contribution in [-0.2, 0) is 16.1 Å². The number of carbonyl (C=O) groups excluding carboxylic acids is 1. The fourth-order valence-corrected chi connectivity index (χ4v) is 3.27. The Morgan fingerprint density at radius 3 is 2.50 bits per heavy atom. The molecule has 0 unspecified atom stereocenters. The van der Waals surface area contributed by atoms with E-state index < -0.39 is 21.6 Å². The van der Waals surface area contributed by atoms with Crippen LogP contribution < -0.4 is 10.6 Å². The number of anilines is 1. The van der Waals surface area contributed by atoms with Gasteiger partial charge in [-0.15, -0.1) is 0 Å². The van der Waals surface area contributed by atoms with E-state index in [1.807, 2.05) is 6.92 Å². The second-order valence-electron chi connectivity index (χ2n) is 8.58. The van der Waals surface area contributed by atoms with Crippen LogP contribution in [0, 0.1) is 16.6 Å². The minimum Gasteiger partial charge on any atom is -0.391 e. The molecule has 9 heteroatoms. The predicted octanol–water partition coefficient (Wildman–Crippen LogP) is 5.39. The lowest BCUT2D eigenvalue weighted by Crippen LogP contribution is -2.26. The second kappa shape index (κ2) is 12.2. The highest BCUT2D eigenvalue weighted by Crippen LogP contribution is 2.52. The molecular formula is C23H34ClFN4O2S. The summed E-state index contributed by atoms with van der Waals surface area (Å²) < 4.78 is 20.0. The summed E-state index contributed by atoms with van der Waals surface area (Å²) in [5, 5.41) is 20.6. The molecule has 0 amide bonds. The number of Topliss-reactive ketones (excluding diaryl/α,β-unsaturated/α-hetero) is 1. The van der Waals surface area contributed by atoms with E-state index in [1.165, 1.54) is 24.4 Å². The van der Waals surface area contributed by atoms with Gasteiger partial charge in [0.25, 0.3) is 0 Å². The molecule has 0 aliphatic rings. The van der Waals surface area contributed by atoms with Crippen molar-refractivity contribution in [2.24, 2.45) is 0 Å². The van der Waals surface area contributed by atoms with Crippen LogP contribution in [0.4, 0.5) is 10.1 Å². The van der Waals surface area contributed by atoms with Gasteiger partial charge in [0, 0.05) is 36.3 Å². The van der Waals surface area contributed by atoms with Gasteiger partial charge >= 0.3 is 0 Å². The molecule has 1 rings (SSSR count). The van der Waals surface area contributed by atoms with Crippen molar-refractivity contribution in [3.63, 3.8) is 0 Å². The Balaban J connectivity index is 3.18. The molecule has 0 radical (unpaired) electrons. The molecule has 4 N–H and O–H groups in total. The van der Waals surface area contributed by atoms with Crippen LogP contribution >= 0.6 is 21.6 Å². The lowest BCUT2D eigenvalue weighted by atomic mass is 10.1. The van der Waals surface area contributed by atoms with Crippen molar-refractivity contribution in [3.05, 3.63) is 53.1 Å². The fraction of sp³-hybridized carbons (Fsp3) is 0.435. The number of hydrogen-bond donors (Lipinski definition) is 4. The topological polar surface area (TPSA) is 98.1 Å². The predicted molar refractivity (Wildman–Crippen MR) is 136 cm³/mol. The zero-order valence-electron chi connectivity index (χ0n) is 19.6. The molecule has 0 saturated carbocycles. The van der Waals surface area contributed by atoms with Gasteiger partial charge in [-0.2, -0.15) is 0 Å². The van der Waals surface area contributed by atoms with Crippen molar-refractivity contribution in [2.75, 3.05) is 30.3 Å². The molecule has 0 saturated heterocycles. The largest absolute Gasteiger partial charge is 0.391 e. The summed E-state index contributed by atoms with van der Waals surface area (Å²) in [7, 11) is -1.05. The summed E-state index contributed by atoms with van der Waals surface area (Å²) in [6.07, 6.45) is 7.89. The van der Waals surface area contributed by atoms with Gasteiger partial charge in [-0.1, -0.05) is 32.4 Å². The lowest BCUT2D eigenvalue weighted by molar-refractivity contribution is -0.111. The molecule has 178 valence electrons. The van der Waals surface area contributed by atoms with Crippen LogP contribution in [0.1, 0.15) is 33.3 Å². The first-order valence-electron chi connectivity index (χ1n) is 10.1. The number of ether oxygens (including phenoxy) is 1. The van der Waals surface area contributed by atoms with Crippen molar-refractivity contribution in [3.8, 4) is 0 Å². The maximum atomic E-state index is 14.0. The zero-order chi connectivity index (χ0) is 24.5. The SMILES string of the molecule is CCN/C=C(\C=N)C(=O)/C(=C/C(=N)Cl)Nc1ccc(F)cc1COCS(C)(C)C(C)(C)C. The molecular weight excluding hydrogens is 451 g/mol. The molecule has 0 bridgehead atoms.